The number of hydrogen-bond acceptors (Lipinski definition) is 6. The van der Waals surface area contributed by atoms with Gasteiger partial charge >= 0.3 is 5.69 Å². The predicted molar refractivity (Wildman–Crippen MR) is 114 cm³/mol. The lowest BCUT2D eigenvalue weighted by atomic mass is 10.2. The molecule has 156 valence electrons. The highest BCUT2D eigenvalue weighted by Crippen LogP contribution is 2.23. The van der Waals surface area contributed by atoms with Gasteiger partial charge in [0.2, 0.25) is 0 Å². The van der Waals surface area contributed by atoms with E-state index >= 15 is 0 Å². The molecular weight excluding hydrogens is 392 g/mol. The number of aliphatic hydroxyl groups is 1. The summed E-state index contributed by atoms with van der Waals surface area (Å²) in [5, 5.41) is 11.2. The van der Waals surface area contributed by atoms with Crippen molar-refractivity contribution in [2.45, 2.75) is 44.5 Å². The van der Waals surface area contributed by atoms with Gasteiger partial charge in [-0.1, -0.05) is 43.3 Å². The van der Waals surface area contributed by atoms with Crippen LogP contribution in [0.25, 0.3) is 11.2 Å². The number of benzene rings is 1. The third-order valence-electron chi connectivity index (χ3n) is 4.62. The molecule has 3 aromatic rings. The molecule has 0 aliphatic rings. The molecule has 9 heteroatoms. The molecule has 1 aromatic carbocycles. The summed E-state index contributed by atoms with van der Waals surface area (Å²) in [6.45, 7) is 4.25. The molecule has 0 bridgehead atoms. The Labute approximate surface area is 172 Å². The van der Waals surface area contributed by atoms with Crippen LogP contribution in [0.2, 0.25) is 0 Å². The van der Waals surface area contributed by atoms with E-state index in [1.54, 1.807) is 11.6 Å². The number of para-hydroxylation sites is 1. The van der Waals surface area contributed by atoms with E-state index in [1.165, 1.54) is 16.3 Å². The Morgan fingerprint density at radius 2 is 2.07 bits per heavy atom. The number of hydrogen-bond donors (Lipinski definition) is 2. The maximum Gasteiger partial charge on any atom is 0.329 e. The minimum atomic E-state index is -0.853. The average molecular weight is 419 g/mol. The second kappa shape index (κ2) is 9.32. The number of H-pyrrole nitrogens is 1. The molecule has 0 aliphatic carbocycles. The molecule has 0 fully saturated rings. The van der Waals surface area contributed by atoms with E-state index in [0.717, 1.165) is 24.2 Å². The van der Waals surface area contributed by atoms with Gasteiger partial charge in [-0.2, -0.15) is 0 Å². The number of unbranched alkanes of at least 4 members (excludes halogenated alkanes) is 1. The zero-order valence-corrected chi connectivity index (χ0v) is 17.7. The number of fused-ring (bicyclic) bond motifs is 1. The Kier molecular flexibility index (Phi) is 6.81. The first-order chi connectivity index (χ1) is 13.9. The van der Waals surface area contributed by atoms with Crippen LogP contribution in [0.1, 0.15) is 25.3 Å². The lowest BCUT2D eigenvalue weighted by Gasteiger charge is -2.16. The topological polar surface area (TPSA) is 102 Å². The second-order valence-corrected chi connectivity index (χ2v) is 7.99. The Bertz CT molecular complexity index is 1100. The van der Waals surface area contributed by atoms with Gasteiger partial charge in [0, 0.05) is 12.8 Å². The molecular formula is C20H26N4O4S. The van der Waals surface area contributed by atoms with Gasteiger partial charge in [0.05, 0.1) is 6.54 Å². The fraction of sp³-hybridized carbons (Fsp3) is 0.450. The molecule has 2 heterocycles. The van der Waals surface area contributed by atoms with E-state index in [9.17, 15) is 14.7 Å². The van der Waals surface area contributed by atoms with Gasteiger partial charge in [-0.15, -0.1) is 0 Å². The largest absolute Gasteiger partial charge is 0.491 e. The van der Waals surface area contributed by atoms with Crippen molar-refractivity contribution >= 4 is 22.9 Å². The molecule has 2 aromatic heterocycles. The van der Waals surface area contributed by atoms with Crippen molar-refractivity contribution < 1.29 is 9.84 Å². The normalized spacial score (nSPS) is 12.4. The Morgan fingerprint density at radius 1 is 1.31 bits per heavy atom. The lowest BCUT2D eigenvalue weighted by Crippen LogP contribution is -2.30. The van der Waals surface area contributed by atoms with E-state index in [4.69, 9.17) is 4.74 Å². The van der Waals surface area contributed by atoms with Crippen LogP contribution in [0.4, 0.5) is 0 Å². The number of nitrogens with one attached hydrogen (secondary N) is 1. The van der Waals surface area contributed by atoms with Crippen LogP contribution in [0.15, 0.2) is 39.0 Å². The molecule has 1 atom stereocenters. The van der Waals surface area contributed by atoms with Crippen LogP contribution in [0.5, 0.6) is 5.75 Å². The van der Waals surface area contributed by atoms with Crippen LogP contribution in [0.3, 0.4) is 0 Å². The highest BCUT2D eigenvalue weighted by Gasteiger charge is 2.20. The van der Waals surface area contributed by atoms with Crippen LogP contribution < -0.4 is 16.0 Å². The predicted octanol–water partition coefficient (Wildman–Crippen LogP) is 2.06. The maximum absolute atomic E-state index is 12.5. The lowest BCUT2D eigenvalue weighted by molar-refractivity contribution is 0.0910. The molecule has 3 rings (SSSR count). The second-order valence-electron chi connectivity index (χ2n) is 6.93. The SMILES string of the molecule is CCCCSc1nc2c(c(=O)[nH]c(=O)n2C)n1CC(O)COc1ccccc1C. The quantitative estimate of drug-likeness (QED) is 0.407. The fourth-order valence-corrected chi connectivity index (χ4v) is 4.06. The molecule has 0 aliphatic heterocycles. The van der Waals surface area contributed by atoms with Crippen molar-refractivity contribution in [3.05, 3.63) is 50.7 Å². The molecule has 0 spiro atoms. The van der Waals surface area contributed by atoms with Gasteiger partial charge in [0.1, 0.15) is 18.5 Å². The van der Waals surface area contributed by atoms with E-state index in [0.29, 0.717) is 16.6 Å². The summed E-state index contributed by atoms with van der Waals surface area (Å²) in [5.74, 6) is 1.54. The van der Waals surface area contributed by atoms with Crippen LogP contribution in [-0.4, -0.2) is 42.7 Å². The van der Waals surface area contributed by atoms with Crippen LogP contribution in [0, 0.1) is 6.92 Å². The van der Waals surface area contributed by atoms with Crippen molar-refractivity contribution in [2.75, 3.05) is 12.4 Å². The van der Waals surface area contributed by atoms with Gasteiger partial charge in [0.25, 0.3) is 5.56 Å². The molecule has 0 amide bonds. The number of aliphatic hydroxyl groups excluding tert-OH is 1. The number of nitrogens with zero attached hydrogens (tertiary/aromatic N) is 3. The Hall–Kier alpha value is -2.52. The van der Waals surface area contributed by atoms with E-state index in [-0.39, 0.29) is 18.7 Å². The number of aromatic nitrogens is 4. The van der Waals surface area contributed by atoms with Crippen molar-refractivity contribution in [3.63, 3.8) is 0 Å². The van der Waals surface area contributed by atoms with Crippen LogP contribution in [-0.2, 0) is 13.6 Å². The summed E-state index contributed by atoms with van der Waals surface area (Å²) >= 11 is 1.51. The molecule has 1 unspecified atom stereocenters. The van der Waals surface area contributed by atoms with Gasteiger partial charge < -0.3 is 14.4 Å². The van der Waals surface area contributed by atoms with Crippen molar-refractivity contribution in [3.8, 4) is 5.75 Å². The molecule has 2 N–H and O–H groups in total. The first-order valence-corrected chi connectivity index (χ1v) is 10.6. The van der Waals surface area contributed by atoms with E-state index in [1.807, 2.05) is 31.2 Å². The van der Waals surface area contributed by atoms with Crippen molar-refractivity contribution in [1.82, 2.24) is 19.1 Å². The Morgan fingerprint density at radius 3 is 2.79 bits per heavy atom. The zero-order chi connectivity index (χ0) is 21.0. The summed E-state index contributed by atoms with van der Waals surface area (Å²) < 4.78 is 8.73. The molecule has 0 saturated heterocycles. The summed E-state index contributed by atoms with van der Waals surface area (Å²) in [7, 11) is 1.57. The number of aryl methyl sites for hydroxylation is 2. The van der Waals surface area contributed by atoms with E-state index in [2.05, 4.69) is 16.9 Å². The van der Waals surface area contributed by atoms with E-state index < -0.39 is 17.4 Å². The highest BCUT2D eigenvalue weighted by molar-refractivity contribution is 7.99. The number of ether oxygens (including phenoxy) is 1. The summed E-state index contributed by atoms with van der Waals surface area (Å²) in [5.41, 5.74) is 0.548. The minimum absolute atomic E-state index is 0.0766. The molecule has 29 heavy (non-hydrogen) atoms. The average Bonchev–Trinajstić information content (AvgIpc) is 3.04. The first kappa shape index (κ1) is 21.2. The minimum Gasteiger partial charge on any atom is -0.491 e. The molecule has 0 saturated carbocycles. The summed E-state index contributed by atoms with van der Waals surface area (Å²) in [6, 6.07) is 7.59. The number of thioether (sulfide) groups is 1. The number of rotatable bonds is 9. The van der Waals surface area contributed by atoms with Crippen molar-refractivity contribution in [1.29, 1.82) is 0 Å². The molecule has 0 radical (unpaired) electrons. The summed E-state index contributed by atoms with van der Waals surface area (Å²) in [4.78, 5) is 31.2. The fourth-order valence-electron chi connectivity index (χ4n) is 2.97. The number of aromatic amines is 1. The molecule has 8 nitrogen and oxygen atoms in total. The highest BCUT2D eigenvalue weighted by atomic mass is 32.2. The summed E-state index contributed by atoms with van der Waals surface area (Å²) in [6.07, 6.45) is 1.19. The third-order valence-corrected chi connectivity index (χ3v) is 5.68. The maximum atomic E-state index is 12.5. The Balaban J connectivity index is 1.88. The van der Waals surface area contributed by atoms with Gasteiger partial charge in [-0.3, -0.25) is 14.3 Å². The zero-order valence-electron chi connectivity index (χ0n) is 16.8. The standard InChI is InChI=1S/C20H26N4O4S/c1-4-5-10-29-20-21-17-16(18(26)22-19(27)23(17)3)24(20)11-14(25)12-28-15-9-7-6-8-13(15)2/h6-9,14,25H,4-5,10-12H2,1-3H3,(H,22,26,27). The van der Waals surface area contributed by atoms with Crippen LogP contribution >= 0.6 is 11.8 Å². The van der Waals surface area contributed by atoms with Gasteiger partial charge in [-0.05, 0) is 25.0 Å². The third kappa shape index (κ3) is 4.73. The number of imidazole rings is 1. The van der Waals surface area contributed by atoms with Crippen molar-refractivity contribution in [2.24, 2.45) is 7.05 Å². The monoisotopic (exact) mass is 418 g/mol. The van der Waals surface area contributed by atoms with Gasteiger partial charge in [-0.25, -0.2) is 9.78 Å². The smallest absolute Gasteiger partial charge is 0.329 e. The first-order valence-electron chi connectivity index (χ1n) is 9.61. The van der Waals surface area contributed by atoms with Gasteiger partial charge in [0.15, 0.2) is 16.3 Å².